The smallest absolute Gasteiger partial charge is 0.0810 e. The highest BCUT2D eigenvalue weighted by Crippen LogP contribution is 2.18. The lowest BCUT2D eigenvalue weighted by Gasteiger charge is -1.98. The number of rotatable bonds is 7. The van der Waals surface area contributed by atoms with Crippen LogP contribution in [0.1, 0.15) is 38.5 Å². The molecule has 2 fully saturated rings. The second-order valence-corrected chi connectivity index (χ2v) is 4.05. The maximum atomic E-state index is 5.15. The summed E-state index contributed by atoms with van der Waals surface area (Å²) < 4.78 is 5.15. The zero-order valence-corrected chi connectivity index (χ0v) is 7.72. The molecule has 0 aromatic heterocycles. The first-order valence-electron chi connectivity index (χ1n) is 5.30. The monoisotopic (exact) mass is 169 g/mol. The normalized spacial score (nSPS) is 32.0. The SMILES string of the molecule is C(CCCC1CO1)CCC1CN1. The fraction of sp³-hybridized carbons (Fsp3) is 1.00. The largest absolute Gasteiger partial charge is 0.373 e. The third-order valence-corrected chi connectivity index (χ3v) is 2.72. The number of unbranched alkanes of at least 4 members (excludes halogenated alkanes) is 3. The van der Waals surface area contributed by atoms with Gasteiger partial charge in [0.25, 0.3) is 0 Å². The molecule has 0 aromatic rings. The van der Waals surface area contributed by atoms with Crippen LogP contribution in [-0.2, 0) is 4.74 Å². The predicted octanol–water partition coefficient (Wildman–Crippen LogP) is 1.70. The Hall–Kier alpha value is -0.0800. The molecule has 2 aliphatic heterocycles. The van der Waals surface area contributed by atoms with Crippen LogP contribution >= 0.6 is 0 Å². The van der Waals surface area contributed by atoms with E-state index in [9.17, 15) is 0 Å². The van der Waals surface area contributed by atoms with Gasteiger partial charge in [-0.1, -0.05) is 25.7 Å². The van der Waals surface area contributed by atoms with E-state index in [1.165, 1.54) is 45.1 Å². The van der Waals surface area contributed by atoms with Crippen molar-refractivity contribution in [3.8, 4) is 0 Å². The van der Waals surface area contributed by atoms with E-state index in [2.05, 4.69) is 5.32 Å². The molecule has 0 bridgehead atoms. The number of hydrogen-bond donors (Lipinski definition) is 1. The van der Waals surface area contributed by atoms with Crippen LogP contribution in [0.4, 0.5) is 0 Å². The van der Waals surface area contributed by atoms with Gasteiger partial charge < -0.3 is 10.1 Å². The summed E-state index contributed by atoms with van der Waals surface area (Å²) in [5, 5.41) is 3.33. The number of ether oxygens (including phenoxy) is 1. The Labute approximate surface area is 74.7 Å². The summed E-state index contributed by atoms with van der Waals surface area (Å²) in [6.45, 7) is 2.31. The Morgan fingerprint density at radius 3 is 2.33 bits per heavy atom. The summed E-state index contributed by atoms with van der Waals surface area (Å²) >= 11 is 0. The first kappa shape index (κ1) is 8.52. The van der Waals surface area contributed by atoms with E-state index in [1.807, 2.05) is 0 Å². The number of epoxide rings is 1. The quantitative estimate of drug-likeness (QED) is 0.465. The fourth-order valence-corrected chi connectivity index (χ4v) is 1.64. The first-order chi connectivity index (χ1) is 5.95. The molecule has 2 heterocycles. The minimum absolute atomic E-state index is 0.648. The van der Waals surface area contributed by atoms with Gasteiger partial charge in [0.1, 0.15) is 0 Å². The zero-order valence-electron chi connectivity index (χ0n) is 7.72. The second kappa shape index (κ2) is 4.24. The molecule has 0 aromatic carbocycles. The highest BCUT2D eigenvalue weighted by molar-refractivity contribution is 4.82. The summed E-state index contributed by atoms with van der Waals surface area (Å²) in [4.78, 5) is 0. The molecule has 2 atom stereocenters. The molecule has 2 unspecified atom stereocenters. The molecule has 2 saturated heterocycles. The van der Waals surface area contributed by atoms with Gasteiger partial charge in [0.2, 0.25) is 0 Å². The fourth-order valence-electron chi connectivity index (χ4n) is 1.64. The third kappa shape index (κ3) is 3.55. The van der Waals surface area contributed by atoms with Gasteiger partial charge in [-0.3, -0.25) is 0 Å². The van der Waals surface area contributed by atoms with Gasteiger partial charge in [0.05, 0.1) is 12.7 Å². The summed E-state index contributed by atoms with van der Waals surface area (Å²) in [6.07, 6.45) is 8.99. The van der Waals surface area contributed by atoms with E-state index in [0.717, 1.165) is 12.6 Å². The molecular weight excluding hydrogens is 150 g/mol. The molecule has 12 heavy (non-hydrogen) atoms. The summed E-state index contributed by atoms with van der Waals surface area (Å²) in [5.74, 6) is 0. The molecular formula is C10H19NO. The molecule has 0 aliphatic carbocycles. The van der Waals surface area contributed by atoms with Crippen LogP contribution < -0.4 is 5.32 Å². The van der Waals surface area contributed by atoms with Gasteiger partial charge in [-0.2, -0.15) is 0 Å². The van der Waals surface area contributed by atoms with Crippen molar-refractivity contribution in [2.75, 3.05) is 13.2 Å². The minimum Gasteiger partial charge on any atom is -0.373 e. The highest BCUT2D eigenvalue weighted by atomic mass is 16.6. The van der Waals surface area contributed by atoms with Crippen LogP contribution in [-0.4, -0.2) is 25.3 Å². The molecule has 0 amide bonds. The van der Waals surface area contributed by atoms with Gasteiger partial charge in [-0.15, -0.1) is 0 Å². The average molecular weight is 169 g/mol. The minimum atomic E-state index is 0.648. The molecule has 2 nitrogen and oxygen atoms in total. The molecule has 70 valence electrons. The molecule has 1 N–H and O–H groups in total. The predicted molar refractivity (Wildman–Crippen MR) is 49.2 cm³/mol. The van der Waals surface area contributed by atoms with Gasteiger partial charge in [0.15, 0.2) is 0 Å². The Morgan fingerprint density at radius 1 is 1.08 bits per heavy atom. The van der Waals surface area contributed by atoms with Crippen molar-refractivity contribution < 1.29 is 4.74 Å². The van der Waals surface area contributed by atoms with E-state index in [1.54, 1.807) is 0 Å². The Bertz CT molecular complexity index is 114. The maximum absolute atomic E-state index is 5.15. The van der Waals surface area contributed by atoms with Crippen molar-refractivity contribution in [1.82, 2.24) is 5.32 Å². The Morgan fingerprint density at radius 2 is 1.75 bits per heavy atom. The van der Waals surface area contributed by atoms with Crippen LogP contribution in [0.2, 0.25) is 0 Å². The third-order valence-electron chi connectivity index (χ3n) is 2.72. The van der Waals surface area contributed by atoms with Gasteiger partial charge in [-0.05, 0) is 12.8 Å². The summed E-state index contributed by atoms with van der Waals surface area (Å²) in [5.41, 5.74) is 0. The summed E-state index contributed by atoms with van der Waals surface area (Å²) in [6, 6.07) is 0.886. The van der Waals surface area contributed by atoms with Crippen LogP contribution in [0, 0.1) is 0 Å². The van der Waals surface area contributed by atoms with Crippen LogP contribution in [0.3, 0.4) is 0 Å². The van der Waals surface area contributed by atoms with E-state index in [0.29, 0.717) is 6.10 Å². The Kier molecular flexibility index (Phi) is 3.01. The lowest BCUT2D eigenvalue weighted by atomic mass is 10.1. The van der Waals surface area contributed by atoms with Crippen molar-refractivity contribution in [2.24, 2.45) is 0 Å². The number of nitrogens with one attached hydrogen (secondary N) is 1. The van der Waals surface area contributed by atoms with Crippen molar-refractivity contribution in [1.29, 1.82) is 0 Å². The zero-order chi connectivity index (χ0) is 8.23. The van der Waals surface area contributed by atoms with Crippen molar-refractivity contribution >= 4 is 0 Å². The van der Waals surface area contributed by atoms with Crippen molar-refractivity contribution in [2.45, 2.75) is 50.7 Å². The molecule has 0 saturated carbocycles. The molecule has 0 radical (unpaired) electrons. The van der Waals surface area contributed by atoms with Crippen molar-refractivity contribution in [3.63, 3.8) is 0 Å². The Balaban J connectivity index is 1.31. The molecule has 2 rings (SSSR count). The molecule has 2 heteroatoms. The van der Waals surface area contributed by atoms with E-state index in [-0.39, 0.29) is 0 Å². The maximum Gasteiger partial charge on any atom is 0.0810 e. The average Bonchev–Trinajstić information content (AvgIpc) is 2.89. The van der Waals surface area contributed by atoms with Gasteiger partial charge in [-0.25, -0.2) is 0 Å². The topological polar surface area (TPSA) is 34.5 Å². The lowest BCUT2D eigenvalue weighted by Crippen LogP contribution is -1.90. The molecule has 2 aliphatic rings. The first-order valence-corrected chi connectivity index (χ1v) is 5.30. The van der Waals surface area contributed by atoms with Crippen LogP contribution in [0.5, 0.6) is 0 Å². The van der Waals surface area contributed by atoms with Crippen molar-refractivity contribution in [3.05, 3.63) is 0 Å². The van der Waals surface area contributed by atoms with Gasteiger partial charge in [0, 0.05) is 12.6 Å². The standard InChI is InChI=1S/C10H19NO/c1(3-5-9-7-11-9)2-4-6-10-8-12-10/h9-11H,1-8H2. The summed E-state index contributed by atoms with van der Waals surface area (Å²) in [7, 11) is 0. The van der Waals surface area contributed by atoms with Crippen LogP contribution in [0.25, 0.3) is 0 Å². The second-order valence-electron chi connectivity index (χ2n) is 4.05. The van der Waals surface area contributed by atoms with Crippen LogP contribution in [0.15, 0.2) is 0 Å². The lowest BCUT2D eigenvalue weighted by molar-refractivity contribution is 0.387. The van der Waals surface area contributed by atoms with Gasteiger partial charge >= 0.3 is 0 Å². The van der Waals surface area contributed by atoms with E-state index >= 15 is 0 Å². The van der Waals surface area contributed by atoms with E-state index < -0.39 is 0 Å². The number of hydrogen-bond acceptors (Lipinski definition) is 2. The molecule has 0 spiro atoms. The highest BCUT2D eigenvalue weighted by Gasteiger charge is 2.21. The van der Waals surface area contributed by atoms with E-state index in [4.69, 9.17) is 4.74 Å².